The fraction of sp³-hybridized carbons (Fsp3) is 0.941. The third-order valence-corrected chi connectivity index (χ3v) is 5.50. The molecule has 3 fully saturated rings. The van der Waals surface area contributed by atoms with E-state index in [9.17, 15) is 4.79 Å². The Bertz CT molecular complexity index is 328. The molecule has 4 nitrogen and oxygen atoms in total. The molecule has 1 aliphatic carbocycles. The van der Waals surface area contributed by atoms with Crippen molar-refractivity contribution < 1.29 is 9.53 Å². The lowest BCUT2D eigenvalue weighted by Crippen LogP contribution is -2.51. The van der Waals surface area contributed by atoms with E-state index in [-0.39, 0.29) is 5.92 Å². The molecular formula is C17H30N2O2. The van der Waals surface area contributed by atoms with Crippen molar-refractivity contribution in [3.63, 3.8) is 0 Å². The van der Waals surface area contributed by atoms with E-state index in [2.05, 4.69) is 9.80 Å². The maximum atomic E-state index is 12.5. The summed E-state index contributed by atoms with van der Waals surface area (Å²) >= 11 is 0. The molecule has 1 saturated carbocycles. The first-order valence-electron chi connectivity index (χ1n) is 8.92. The number of nitrogens with zero attached hydrogens (tertiary/aromatic N) is 2. The fourth-order valence-electron chi connectivity index (χ4n) is 4.09. The normalized spacial score (nSPS) is 27.0. The minimum Gasteiger partial charge on any atom is -0.381 e. The Labute approximate surface area is 128 Å². The number of carbonyl (C=O) groups excluding carboxylic acids is 1. The Morgan fingerprint density at radius 1 is 0.905 bits per heavy atom. The summed E-state index contributed by atoms with van der Waals surface area (Å²) in [7, 11) is 0. The number of piperazine rings is 1. The third kappa shape index (κ3) is 4.19. The highest BCUT2D eigenvalue weighted by atomic mass is 16.5. The summed E-state index contributed by atoms with van der Waals surface area (Å²) in [6.07, 6.45) is 8.95. The lowest BCUT2D eigenvalue weighted by Gasteiger charge is -2.38. The SMILES string of the molecule is O=C(C1CCOCC1)N1CCN(CC2CCCCC2)CC1. The molecule has 0 aromatic rings. The predicted molar refractivity (Wildman–Crippen MR) is 83.1 cm³/mol. The highest BCUT2D eigenvalue weighted by Crippen LogP contribution is 2.25. The summed E-state index contributed by atoms with van der Waals surface area (Å²) in [5.41, 5.74) is 0. The van der Waals surface area contributed by atoms with Crippen LogP contribution in [0.2, 0.25) is 0 Å². The molecule has 4 heteroatoms. The Morgan fingerprint density at radius 3 is 2.24 bits per heavy atom. The summed E-state index contributed by atoms with van der Waals surface area (Å²) in [6.45, 7) is 6.80. The van der Waals surface area contributed by atoms with Crippen LogP contribution in [0.3, 0.4) is 0 Å². The molecule has 0 spiro atoms. The number of rotatable bonds is 3. The van der Waals surface area contributed by atoms with Gasteiger partial charge in [0.1, 0.15) is 0 Å². The van der Waals surface area contributed by atoms with E-state index in [0.717, 1.165) is 58.2 Å². The minimum atomic E-state index is 0.226. The summed E-state index contributed by atoms with van der Waals surface area (Å²) in [4.78, 5) is 17.2. The van der Waals surface area contributed by atoms with Crippen molar-refractivity contribution in [2.75, 3.05) is 45.9 Å². The van der Waals surface area contributed by atoms with Gasteiger partial charge in [-0.25, -0.2) is 0 Å². The molecule has 2 heterocycles. The number of ether oxygens (including phenoxy) is 1. The molecule has 120 valence electrons. The lowest BCUT2D eigenvalue weighted by molar-refractivity contribution is -0.140. The number of hydrogen-bond donors (Lipinski definition) is 0. The number of carbonyl (C=O) groups is 1. The molecule has 0 aromatic heterocycles. The maximum absolute atomic E-state index is 12.5. The van der Waals surface area contributed by atoms with Crippen LogP contribution in [-0.4, -0.2) is 61.6 Å². The molecule has 3 rings (SSSR count). The van der Waals surface area contributed by atoms with E-state index in [1.165, 1.54) is 38.6 Å². The van der Waals surface area contributed by atoms with Crippen molar-refractivity contribution in [1.82, 2.24) is 9.80 Å². The molecule has 0 unspecified atom stereocenters. The molecule has 1 amide bonds. The smallest absolute Gasteiger partial charge is 0.225 e. The zero-order valence-corrected chi connectivity index (χ0v) is 13.3. The fourth-order valence-corrected chi connectivity index (χ4v) is 4.09. The monoisotopic (exact) mass is 294 g/mol. The molecule has 0 aromatic carbocycles. The van der Waals surface area contributed by atoms with Crippen LogP contribution in [0.5, 0.6) is 0 Å². The Balaban J connectivity index is 1.40. The van der Waals surface area contributed by atoms with Crippen LogP contribution in [0.4, 0.5) is 0 Å². The van der Waals surface area contributed by atoms with E-state index >= 15 is 0 Å². The minimum absolute atomic E-state index is 0.226. The van der Waals surface area contributed by atoms with Crippen molar-refractivity contribution in [2.24, 2.45) is 11.8 Å². The summed E-state index contributed by atoms with van der Waals surface area (Å²) in [5, 5.41) is 0. The Kier molecular flexibility index (Phi) is 5.53. The molecule has 2 saturated heterocycles. The van der Waals surface area contributed by atoms with E-state index < -0.39 is 0 Å². The molecule has 0 bridgehead atoms. The van der Waals surface area contributed by atoms with E-state index in [1.807, 2.05) is 0 Å². The molecule has 21 heavy (non-hydrogen) atoms. The van der Waals surface area contributed by atoms with Crippen LogP contribution in [-0.2, 0) is 9.53 Å². The zero-order valence-electron chi connectivity index (χ0n) is 13.3. The van der Waals surface area contributed by atoms with Gasteiger partial charge in [0.25, 0.3) is 0 Å². The Morgan fingerprint density at radius 2 is 1.57 bits per heavy atom. The van der Waals surface area contributed by atoms with Crippen LogP contribution >= 0.6 is 0 Å². The molecule has 0 radical (unpaired) electrons. The summed E-state index contributed by atoms with van der Waals surface area (Å²) in [6, 6.07) is 0. The van der Waals surface area contributed by atoms with Gasteiger partial charge in [0.15, 0.2) is 0 Å². The van der Waals surface area contributed by atoms with Gasteiger partial charge in [-0.3, -0.25) is 9.69 Å². The van der Waals surface area contributed by atoms with Gasteiger partial charge in [-0.05, 0) is 31.6 Å². The molecule has 0 N–H and O–H groups in total. The van der Waals surface area contributed by atoms with Gasteiger partial charge in [0.2, 0.25) is 5.91 Å². The maximum Gasteiger partial charge on any atom is 0.225 e. The average Bonchev–Trinajstić information content (AvgIpc) is 2.57. The largest absolute Gasteiger partial charge is 0.381 e. The average molecular weight is 294 g/mol. The summed E-state index contributed by atoms with van der Waals surface area (Å²) < 4.78 is 5.36. The van der Waals surface area contributed by atoms with Gasteiger partial charge in [-0.1, -0.05) is 19.3 Å². The van der Waals surface area contributed by atoms with Gasteiger partial charge in [0, 0.05) is 51.9 Å². The van der Waals surface area contributed by atoms with Gasteiger partial charge in [-0.15, -0.1) is 0 Å². The van der Waals surface area contributed by atoms with Crippen molar-refractivity contribution >= 4 is 5.91 Å². The second-order valence-corrected chi connectivity index (χ2v) is 7.02. The van der Waals surface area contributed by atoms with Crippen molar-refractivity contribution in [1.29, 1.82) is 0 Å². The zero-order chi connectivity index (χ0) is 14.5. The second-order valence-electron chi connectivity index (χ2n) is 7.02. The van der Waals surface area contributed by atoms with Crippen LogP contribution in [0.25, 0.3) is 0 Å². The van der Waals surface area contributed by atoms with Crippen LogP contribution in [0.1, 0.15) is 44.9 Å². The lowest BCUT2D eigenvalue weighted by atomic mass is 9.89. The molecule has 0 atom stereocenters. The van der Waals surface area contributed by atoms with Crippen molar-refractivity contribution in [2.45, 2.75) is 44.9 Å². The molecule has 2 aliphatic heterocycles. The quantitative estimate of drug-likeness (QED) is 0.799. The van der Waals surface area contributed by atoms with Crippen LogP contribution in [0.15, 0.2) is 0 Å². The van der Waals surface area contributed by atoms with Gasteiger partial charge >= 0.3 is 0 Å². The first-order valence-corrected chi connectivity index (χ1v) is 8.92. The first kappa shape index (κ1) is 15.3. The van der Waals surface area contributed by atoms with Gasteiger partial charge in [0.05, 0.1) is 0 Å². The first-order chi connectivity index (χ1) is 10.3. The molecular weight excluding hydrogens is 264 g/mol. The molecule has 3 aliphatic rings. The van der Waals surface area contributed by atoms with Gasteiger partial charge in [-0.2, -0.15) is 0 Å². The third-order valence-electron chi connectivity index (χ3n) is 5.50. The summed E-state index contributed by atoms with van der Waals surface area (Å²) in [5.74, 6) is 1.52. The highest BCUT2D eigenvalue weighted by Gasteiger charge is 2.29. The van der Waals surface area contributed by atoms with Crippen LogP contribution < -0.4 is 0 Å². The highest BCUT2D eigenvalue weighted by molar-refractivity contribution is 5.79. The predicted octanol–water partition coefficient (Wildman–Crippen LogP) is 2.14. The van der Waals surface area contributed by atoms with E-state index in [4.69, 9.17) is 4.74 Å². The Hall–Kier alpha value is -0.610. The van der Waals surface area contributed by atoms with Gasteiger partial charge < -0.3 is 9.64 Å². The second kappa shape index (κ2) is 7.59. The van der Waals surface area contributed by atoms with Crippen LogP contribution in [0, 0.1) is 11.8 Å². The van der Waals surface area contributed by atoms with E-state index in [0.29, 0.717) is 5.91 Å². The van der Waals surface area contributed by atoms with Crippen molar-refractivity contribution in [3.05, 3.63) is 0 Å². The topological polar surface area (TPSA) is 32.8 Å². The number of amides is 1. The van der Waals surface area contributed by atoms with E-state index in [1.54, 1.807) is 0 Å². The number of hydrogen-bond acceptors (Lipinski definition) is 3. The van der Waals surface area contributed by atoms with Crippen molar-refractivity contribution in [3.8, 4) is 0 Å². The standard InChI is InChI=1S/C17H30N2O2/c20-17(16-6-12-21-13-7-16)19-10-8-18(9-11-19)14-15-4-2-1-3-5-15/h15-16H,1-14H2.